The van der Waals surface area contributed by atoms with Crippen LogP contribution < -0.4 is 5.32 Å². The topological polar surface area (TPSA) is 55.6 Å². The van der Waals surface area contributed by atoms with Crippen molar-refractivity contribution in [2.45, 2.75) is 11.4 Å². The lowest BCUT2D eigenvalue weighted by atomic mass is 10.2. The van der Waals surface area contributed by atoms with Gasteiger partial charge in [0, 0.05) is 17.1 Å². The Bertz CT molecular complexity index is 694. The van der Waals surface area contributed by atoms with E-state index in [0.717, 1.165) is 17.9 Å². The van der Waals surface area contributed by atoms with E-state index in [-0.39, 0.29) is 0 Å². The number of benzene rings is 2. The van der Waals surface area contributed by atoms with Crippen molar-refractivity contribution in [3.63, 3.8) is 0 Å². The molecule has 2 aromatic carbocycles. The lowest BCUT2D eigenvalue weighted by molar-refractivity contribution is 0.789. The number of anilines is 1. The molecule has 0 unspecified atom stereocenters. The van der Waals surface area contributed by atoms with E-state index in [1.54, 1.807) is 22.8 Å². The molecule has 0 saturated carbocycles. The monoisotopic (exact) mass is 297 g/mol. The molecule has 0 fully saturated rings. The largest absolute Gasteiger partial charge is 0.381 e. The van der Waals surface area contributed by atoms with E-state index < -0.39 is 0 Å². The minimum Gasteiger partial charge on any atom is -0.381 e. The summed E-state index contributed by atoms with van der Waals surface area (Å²) in [6.45, 7) is 0.785. The number of nitrogens with zero attached hydrogens (tertiary/aromatic N) is 4. The predicted octanol–water partition coefficient (Wildman–Crippen LogP) is 3.00. The normalized spacial score (nSPS) is 10.5. The molecule has 1 heterocycles. The summed E-state index contributed by atoms with van der Waals surface area (Å²) in [5.74, 6) is 0. The van der Waals surface area contributed by atoms with Crippen LogP contribution in [-0.4, -0.2) is 26.5 Å². The molecule has 0 radical (unpaired) electrons. The standard InChI is InChI=1S/C15H15N5S/c1-21-15-7-5-12(6-8-15)10-16-13-3-2-4-14(9-13)20-11-17-18-19-20/h2-9,11,16H,10H2,1H3. The molecule has 0 aliphatic rings. The van der Waals surface area contributed by atoms with Gasteiger partial charge < -0.3 is 5.32 Å². The van der Waals surface area contributed by atoms with Crippen LogP contribution >= 0.6 is 11.8 Å². The van der Waals surface area contributed by atoms with Crippen LogP contribution in [-0.2, 0) is 6.54 Å². The molecule has 3 rings (SSSR count). The lowest BCUT2D eigenvalue weighted by Gasteiger charge is -2.08. The van der Waals surface area contributed by atoms with Gasteiger partial charge in [0.1, 0.15) is 6.33 Å². The highest BCUT2D eigenvalue weighted by Crippen LogP contribution is 2.17. The Hall–Kier alpha value is -2.34. The maximum Gasteiger partial charge on any atom is 0.143 e. The van der Waals surface area contributed by atoms with Crippen LogP contribution in [0.25, 0.3) is 5.69 Å². The van der Waals surface area contributed by atoms with E-state index in [0.29, 0.717) is 0 Å². The van der Waals surface area contributed by atoms with Crippen molar-refractivity contribution in [1.29, 1.82) is 0 Å². The third kappa shape index (κ3) is 3.41. The molecular weight excluding hydrogens is 282 g/mol. The number of hydrogen-bond acceptors (Lipinski definition) is 5. The fourth-order valence-electron chi connectivity index (χ4n) is 1.99. The highest BCUT2D eigenvalue weighted by atomic mass is 32.2. The van der Waals surface area contributed by atoms with Crippen molar-refractivity contribution in [1.82, 2.24) is 20.2 Å². The van der Waals surface area contributed by atoms with E-state index in [9.17, 15) is 0 Å². The number of aromatic nitrogens is 4. The molecule has 0 spiro atoms. The van der Waals surface area contributed by atoms with Gasteiger partial charge in [-0.2, -0.15) is 0 Å². The van der Waals surface area contributed by atoms with Crippen molar-refractivity contribution in [3.05, 3.63) is 60.4 Å². The van der Waals surface area contributed by atoms with E-state index >= 15 is 0 Å². The lowest BCUT2D eigenvalue weighted by Crippen LogP contribution is -2.01. The third-order valence-electron chi connectivity index (χ3n) is 3.12. The fraction of sp³-hybridized carbons (Fsp3) is 0.133. The zero-order chi connectivity index (χ0) is 14.5. The highest BCUT2D eigenvalue weighted by molar-refractivity contribution is 7.98. The molecule has 1 N–H and O–H groups in total. The van der Waals surface area contributed by atoms with Crippen LogP contribution in [0.2, 0.25) is 0 Å². The Morgan fingerprint density at radius 1 is 1.14 bits per heavy atom. The van der Waals surface area contributed by atoms with Gasteiger partial charge in [-0.1, -0.05) is 18.2 Å². The van der Waals surface area contributed by atoms with Crippen molar-refractivity contribution in [3.8, 4) is 5.69 Å². The maximum absolute atomic E-state index is 3.89. The number of rotatable bonds is 5. The average molecular weight is 297 g/mol. The summed E-state index contributed by atoms with van der Waals surface area (Å²) in [5, 5.41) is 14.6. The summed E-state index contributed by atoms with van der Waals surface area (Å²) >= 11 is 1.75. The van der Waals surface area contributed by atoms with Crippen LogP contribution in [0, 0.1) is 0 Å². The molecule has 0 aliphatic carbocycles. The second-order valence-corrected chi connectivity index (χ2v) is 5.39. The van der Waals surface area contributed by atoms with Gasteiger partial charge in [0.2, 0.25) is 0 Å². The summed E-state index contributed by atoms with van der Waals surface area (Å²) < 4.78 is 1.64. The molecule has 106 valence electrons. The number of nitrogens with one attached hydrogen (secondary N) is 1. The Morgan fingerprint density at radius 3 is 2.71 bits per heavy atom. The number of tetrazole rings is 1. The van der Waals surface area contributed by atoms with Crippen molar-refractivity contribution in [2.24, 2.45) is 0 Å². The zero-order valence-electron chi connectivity index (χ0n) is 11.6. The van der Waals surface area contributed by atoms with Crippen molar-refractivity contribution >= 4 is 17.4 Å². The van der Waals surface area contributed by atoms with E-state index in [1.807, 2.05) is 24.3 Å². The van der Waals surface area contributed by atoms with Gasteiger partial charge in [0.15, 0.2) is 0 Å². The third-order valence-corrected chi connectivity index (χ3v) is 3.86. The van der Waals surface area contributed by atoms with E-state index in [2.05, 4.69) is 51.4 Å². The molecule has 0 aliphatic heterocycles. The number of hydrogen-bond donors (Lipinski definition) is 1. The molecule has 0 saturated heterocycles. The Morgan fingerprint density at radius 2 is 2.00 bits per heavy atom. The van der Waals surface area contributed by atoms with Gasteiger partial charge in [-0.05, 0) is 52.6 Å². The van der Waals surface area contributed by atoms with Gasteiger partial charge in [-0.25, -0.2) is 4.68 Å². The van der Waals surface area contributed by atoms with Gasteiger partial charge in [-0.15, -0.1) is 16.9 Å². The maximum atomic E-state index is 3.89. The Labute approximate surface area is 127 Å². The van der Waals surface area contributed by atoms with Crippen LogP contribution in [0.3, 0.4) is 0 Å². The second kappa shape index (κ2) is 6.41. The highest BCUT2D eigenvalue weighted by Gasteiger charge is 2.00. The minimum absolute atomic E-state index is 0.785. The average Bonchev–Trinajstić information content (AvgIpc) is 3.08. The summed E-state index contributed by atoms with van der Waals surface area (Å²) in [6.07, 6.45) is 3.66. The first-order valence-electron chi connectivity index (χ1n) is 6.55. The van der Waals surface area contributed by atoms with E-state index in [4.69, 9.17) is 0 Å². The minimum atomic E-state index is 0.785. The quantitative estimate of drug-likeness (QED) is 0.734. The molecule has 1 aromatic heterocycles. The molecule has 5 nitrogen and oxygen atoms in total. The van der Waals surface area contributed by atoms with Crippen molar-refractivity contribution < 1.29 is 0 Å². The van der Waals surface area contributed by atoms with Gasteiger partial charge in [0.05, 0.1) is 5.69 Å². The zero-order valence-corrected chi connectivity index (χ0v) is 12.4. The van der Waals surface area contributed by atoms with Crippen LogP contribution in [0.1, 0.15) is 5.56 Å². The SMILES string of the molecule is CSc1ccc(CNc2cccc(-n3cnnn3)c2)cc1. The molecule has 3 aromatic rings. The molecular formula is C15H15N5S. The Kier molecular flexibility index (Phi) is 4.16. The molecule has 6 heteroatoms. The first-order valence-corrected chi connectivity index (χ1v) is 7.78. The Balaban J connectivity index is 1.68. The summed E-state index contributed by atoms with van der Waals surface area (Å²) in [5.41, 5.74) is 3.22. The predicted molar refractivity (Wildman–Crippen MR) is 84.7 cm³/mol. The molecule has 0 atom stereocenters. The first kappa shape index (κ1) is 13.6. The fourth-order valence-corrected chi connectivity index (χ4v) is 2.39. The van der Waals surface area contributed by atoms with Crippen LogP contribution in [0.5, 0.6) is 0 Å². The van der Waals surface area contributed by atoms with Crippen molar-refractivity contribution in [2.75, 3.05) is 11.6 Å². The van der Waals surface area contributed by atoms with Crippen LogP contribution in [0.4, 0.5) is 5.69 Å². The van der Waals surface area contributed by atoms with Gasteiger partial charge >= 0.3 is 0 Å². The number of thioether (sulfide) groups is 1. The molecule has 0 bridgehead atoms. The second-order valence-electron chi connectivity index (χ2n) is 4.51. The van der Waals surface area contributed by atoms with Crippen LogP contribution in [0.15, 0.2) is 59.8 Å². The molecule has 21 heavy (non-hydrogen) atoms. The molecule has 0 amide bonds. The van der Waals surface area contributed by atoms with E-state index in [1.165, 1.54) is 10.5 Å². The first-order chi connectivity index (χ1) is 10.3. The van der Waals surface area contributed by atoms with Gasteiger partial charge in [-0.3, -0.25) is 0 Å². The summed E-state index contributed by atoms with van der Waals surface area (Å²) in [7, 11) is 0. The summed E-state index contributed by atoms with van der Waals surface area (Å²) in [4.78, 5) is 1.28. The summed E-state index contributed by atoms with van der Waals surface area (Å²) in [6, 6.07) is 16.6. The smallest absolute Gasteiger partial charge is 0.143 e. The van der Waals surface area contributed by atoms with Gasteiger partial charge in [0.25, 0.3) is 0 Å².